The molecule has 0 spiro atoms. The minimum Gasteiger partial charge on any atom is -0.457 e. The number of rotatable bonds is 11. The predicted molar refractivity (Wildman–Crippen MR) is 102 cm³/mol. The van der Waals surface area contributed by atoms with Crippen molar-refractivity contribution in [3.63, 3.8) is 0 Å². The molecular formula is C20H14N4O6. The molecule has 0 N–H and O–H groups in total. The Bertz CT molecular complexity index is 1000. The molecule has 10 heteroatoms. The topological polar surface area (TPSA) is 144 Å². The lowest BCUT2D eigenvalue weighted by Crippen LogP contribution is -2.19. The summed E-state index contributed by atoms with van der Waals surface area (Å²) in [7, 11) is 0. The molecule has 0 aromatic heterocycles. The molecule has 2 rings (SSSR count). The van der Waals surface area contributed by atoms with E-state index in [0.29, 0.717) is 22.6 Å². The van der Waals surface area contributed by atoms with E-state index in [0.717, 1.165) is 12.5 Å². The van der Waals surface area contributed by atoms with Crippen LogP contribution in [0.4, 0.5) is 0 Å². The summed E-state index contributed by atoms with van der Waals surface area (Å²) in [6.07, 6.45) is 1.63. The van der Waals surface area contributed by atoms with Gasteiger partial charge in [0.2, 0.25) is 13.6 Å². The Labute approximate surface area is 170 Å². The number of hydrogen-bond donors (Lipinski definition) is 0. The minimum atomic E-state index is -0.230. The Morgan fingerprint density at radius 3 is 1.60 bits per heavy atom. The largest absolute Gasteiger partial charge is 0.457 e. The van der Waals surface area contributed by atoms with Crippen molar-refractivity contribution in [1.29, 1.82) is 0 Å². The molecule has 0 aliphatic carbocycles. The average Bonchev–Trinajstić information content (AvgIpc) is 2.78. The van der Waals surface area contributed by atoms with Gasteiger partial charge in [-0.2, -0.15) is 9.58 Å². The lowest BCUT2D eigenvalue weighted by Gasteiger charge is -2.06. The fourth-order valence-corrected chi connectivity index (χ4v) is 2.29. The van der Waals surface area contributed by atoms with Crippen LogP contribution in [0, 0.1) is 0 Å². The van der Waals surface area contributed by atoms with Gasteiger partial charge in [-0.1, -0.05) is 12.1 Å². The maximum Gasteiger partial charge on any atom is 0.411 e. The highest BCUT2D eigenvalue weighted by molar-refractivity contribution is 6.49. The van der Waals surface area contributed by atoms with Crippen LogP contribution in [0.15, 0.2) is 61.1 Å². The molecule has 30 heavy (non-hydrogen) atoms. The molecule has 0 aliphatic heterocycles. The Morgan fingerprint density at radius 2 is 1.23 bits per heavy atom. The maximum atomic E-state index is 10.1. The summed E-state index contributed by atoms with van der Waals surface area (Å²) in [6.45, 7) is -0.460. The van der Waals surface area contributed by atoms with Gasteiger partial charge in [0.25, 0.3) is 0 Å². The van der Waals surface area contributed by atoms with Crippen LogP contribution >= 0.6 is 0 Å². The molecule has 0 heterocycles. The fourth-order valence-electron chi connectivity index (χ4n) is 2.29. The molecule has 0 saturated heterocycles. The van der Waals surface area contributed by atoms with Crippen molar-refractivity contribution in [1.82, 2.24) is 0 Å². The maximum absolute atomic E-state index is 10.1. The van der Waals surface area contributed by atoms with E-state index >= 15 is 0 Å². The first kappa shape index (κ1) is 21.6. The Morgan fingerprint density at radius 1 is 0.800 bits per heavy atom. The molecule has 0 saturated carbocycles. The minimum absolute atomic E-state index is 0.0473. The van der Waals surface area contributed by atoms with Crippen molar-refractivity contribution < 1.29 is 38.1 Å². The summed E-state index contributed by atoms with van der Waals surface area (Å²) in [5.74, 6) is 3.59. The predicted octanol–water partition coefficient (Wildman–Crippen LogP) is 1.82. The summed E-state index contributed by atoms with van der Waals surface area (Å²) >= 11 is 0. The van der Waals surface area contributed by atoms with Gasteiger partial charge in [-0.15, -0.1) is 0 Å². The Hall–Kier alpha value is -4.70. The zero-order chi connectivity index (χ0) is 21.6. The van der Waals surface area contributed by atoms with Crippen LogP contribution in [-0.4, -0.2) is 46.5 Å². The van der Waals surface area contributed by atoms with Crippen LogP contribution < -0.4 is 9.47 Å². The van der Waals surface area contributed by atoms with Gasteiger partial charge in [-0.25, -0.2) is 9.59 Å². The number of carbonyl (C=O) groups excluding carboxylic acids is 2. The monoisotopic (exact) mass is 406 g/mol. The highest BCUT2D eigenvalue weighted by atomic mass is 16.7. The second-order valence-electron chi connectivity index (χ2n) is 5.28. The molecule has 0 unspecified atom stereocenters. The van der Waals surface area contributed by atoms with Gasteiger partial charge in [0.1, 0.15) is 11.5 Å². The molecule has 2 aromatic rings. The number of ether oxygens (including phenoxy) is 4. The van der Waals surface area contributed by atoms with E-state index in [1.165, 1.54) is 24.0 Å². The third-order valence-electron chi connectivity index (χ3n) is 3.49. The van der Waals surface area contributed by atoms with E-state index < -0.39 is 0 Å². The van der Waals surface area contributed by atoms with Crippen LogP contribution in [0.5, 0.6) is 11.5 Å². The van der Waals surface area contributed by atoms with Gasteiger partial charge in [-0.3, -0.25) is 0 Å². The normalized spacial score (nSPS) is 8.93. The number of nitrogens with zero attached hydrogens (tertiary/aromatic N) is 4. The molecule has 150 valence electrons. The molecule has 0 amide bonds. The molecule has 0 atom stereocenters. The van der Waals surface area contributed by atoms with Gasteiger partial charge in [0.15, 0.2) is 24.4 Å². The molecule has 10 nitrogen and oxygen atoms in total. The van der Waals surface area contributed by atoms with E-state index in [1.807, 2.05) is 0 Å². The summed E-state index contributed by atoms with van der Waals surface area (Å²) in [5, 5.41) is 0. The van der Waals surface area contributed by atoms with Gasteiger partial charge in [0, 0.05) is 0 Å². The first-order chi connectivity index (χ1) is 14.7. The molecule has 2 aromatic carbocycles. The van der Waals surface area contributed by atoms with Crippen molar-refractivity contribution in [2.45, 2.75) is 0 Å². The Balaban J connectivity index is 2.25. The third kappa shape index (κ3) is 6.18. The SMILES string of the molecule is [N-]=[N+]=C(C(=[N+]=[N-])c1cccc(OCOC=C=O)c1)c1cccc(OCOC=C=O)c1. The quantitative estimate of drug-likeness (QED) is 0.106. The number of hydrogen-bond acceptors (Lipinski definition) is 6. The molecule has 0 radical (unpaired) electrons. The summed E-state index contributed by atoms with van der Waals surface area (Å²) in [4.78, 5) is 26.6. The van der Waals surface area contributed by atoms with Crippen molar-refractivity contribution in [2.24, 2.45) is 0 Å². The van der Waals surface area contributed by atoms with Crippen LogP contribution in [0.2, 0.25) is 0 Å². The first-order valence-electron chi connectivity index (χ1n) is 8.26. The fraction of sp³-hybridized carbons (Fsp3) is 0.100. The third-order valence-corrected chi connectivity index (χ3v) is 3.49. The lowest BCUT2D eigenvalue weighted by molar-refractivity contribution is -0.0226. The van der Waals surface area contributed by atoms with E-state index in [2.05, 4.69) is 9.58 Å². The van der Waals surface area contributed by atoms with E-state index in [-0.39, 0.29) is 25.0 Å². The smallest absolute Gasteiger partial charge is 0.411 e. The van der Waals surface area contributed by atoms with Gasteiger partial charge < -0.3 is 30.0 Å². The van der Waals surface area contributed by atoms with Crippen molar-refractivity contribution in [2.75, 3.05) is 13.6 Å². The first-order valence-corrected chi connectivity index (χ1v) is 8.26. The lowest BCUT2D eigenvalue weighted by atomic mass is 9.99. The van der Waals surface area contributed by atoms with E-state index in [4.69, 9.17) is 18.9 Å². The molecule has 0 fully saturated rings. The van der Waals surface area contributed by atoms with Gasteiger partial charge in [-0.05, 0) is 36.4 Å². The summed E-state index contributed by atoms with van der Waals surface area (Å²) in [6, 6.07) is 12.7. The van der Waals surface area contributed by atoms with Crippen LogP contribution in [-0.2, 0) is 19.1 Å². The molecule has 0 aliphatic rings. The van der Waals surface area contributed by atoms with Crippen LogP contribution in [0.25, 0.3) is 11.1 Å². The van der Waals surface area contributed by atoms with Crippen molar-refractivity contribution >= 4 is 23.3 Å². The molecular weight excluding hydrogens is 392 g/mol. The highest BCUT2D eigenvalue weighted by Crippen LogP contribution is 2.18. The van der Waals surface area contributed by atoms with Crippen molar-refractivity contribution in [3.05, 3.63) is 83.2 Å². The average molecular weight is 406 g/mol. The van der Waals surface area contributed by atoms with Crippen LogP contribution in [0.1, 0.15) is 11.1 Å². The van der Waals surface area contributed by atoms with Crippen molar-refractivity contribution in [3.8, 4) is 11.5 Å². The van der Waals surface area contributed by atoms with Gasteiger partial charge >= 0.3 is 11.4 Å². The van der Waals surface area contributed by atoms with E-state index in [9.17, 15) is 20.7 Å². The Kier molecular flexibility index (Phi) is 8.57. The van der Waals surface area contributed by atoms with Gasteiger partial charge in [0.05, 0.1) is 11.1 Å². The summed E-state index contributed by atoms with van der Waals surface area (Å²) in [5.41, 5.74) is 19.7. The second-order valence-corrected chi connectivity index (χ2v) is 5.28. The highest BCUT2D eigenvalue weighted by Gasteiger charge is 2.31. The summed E-state index contributed by atoms with van der Waals surface area (Å²) < 4.78 is 20.1. The second kappa shape index (κ2) is 11.9. The number of benzene rings is 2. The van der Waals surface area contributed by atoms with E-state index in [1.54, 1.807) is 36.4 Å². The molecule has 0 bridgehead atoms. The standard InChI is InChI=1S/C20H14N4O6/c21-23-19(15-3-1-5-17(11-15)29-13-27-9-7-25)20(24-22)16-4-2-6-18(12-16)30-14-28-10-8-26/h1-6,9-12H,13-14H2. The van der Waals surface area contributed by atoms with Crippen LogP contribution in [0.3, 0.4) is 0 Å². The zero-order valence-electron chi connectivity index (χ0n) is 15.4. The zero-order valence-corrected chi connectivity index (χ0v) is 15.4.